The second kappa shape index (κ2) is 5.00. The first kappa shape index (κ1) is 10.2. The summed E-state index contributed by atoms with van der Waals surface area (Å²) < 4.78 is 0. The molecule has 0 amide bonds. The third-order valence-corrected chi connectivity index (χ3v) is 1.50. The van der Waals surface area contributed by atoms with E-state index in [0.29, 0.717) is 12.1 Å². The molecule has 1 aromatic rings. The van der Waals surface area contributed by atoms with Gasteiger partial charge >= 0.3 is 5.97 Å². The summed E-state index contributed by atoms with van der Waals surface area (Å²) in [5, 5.41) is 11.6. The number of nitrogens with one attached hydrogen (secondary N) is 1. The Bertz CT molecular complexity index is 391. The summed E-state index contributed by atoms with van der Waals surface area (Å²) in [6.07, 6.45) is 1.44. The van der Waals surface area contributed by atoms with Gasteiger partial charge in [0.05, 0.1) is 12.1 Å². The Morgan fingerprint density at radius 2 is 2.50 bits per heavy atom. The van der Waals surface area contributed by atoms with Crippen LogP contribution in [0, 0.1) is 11.8 Å². The number of rotatable bonds is 2. The average molecular weight is 190 g/mol. The monoisotopic (exact) mass is 190 g/mol. The highest BCUT2D eigenvalue weighted by atomic mass is 16.4. The molecule has 0 unspecified atom stereocenters. The predicted octanol–water partition coefficient (Wildman–Crippen LogP) is 0.351. The van der Waals surface area contributed by atoms with E-state index in [9.17, 15) is 4.79 Å². The molecule has 4 heteroatoms. The number of nitrogens with zero attached hydrogens (tertiary/aromatic N) is 1. The van der Waals surface area contributed by atoms with Crippen LogP contribution < -0.4 is 5.32 Å². The Labute approximate surface area is 82.0 Å². The number of aromatic nitrogens is 1. The van der Waals surface area contributed by atoms with Gasteiger partial charge in [0.2, 0.25) is 0 Å². The molecule has 14 heavy (non-hydrogen) atoms. The van der Waals surface area contributed by atoms with E-state index in [4.69, 9.17) is 5.11 Å². The van der Waals surface area contributed by atoms with Crippen molar-refractivity contribution in [2.24, 2.45) is 0 Å². The van der Waals surface area contributed by atoms with Crippen LogP contribution in [-0.4, -0.2) is 29.7 Å². The van der Waals surface area contributed by atoms with Gasteiger partial charge in [0.1, 0.15) is 0 Å². The first-order valence-electron chi connectivity index (χ1n) is 4.07. The van der Waals surface area contributed by atoms with E-state index < -0.39 is 5.97 Å². The zero-order valence-electron chi connectivity index (χ0n) is 7.74. The highest BCUT2D eigenvalue weighted by Crippen LogP contribution is 2.02. The Morgan fingerprint density at radius 3 is 3.14 bits per heavy atom. The number of hydrogen-bond donors (Lipinski definition) is 2. The van der Waals surface area contributed by atoms with Crippen molar-refractivity contribution in [2.45, 2.75) is 0 Å². The molecule has 0 atom stereocenters. The lowest BCUT2D eigenvalue weighted by Gasteiger charge is -1.95. The molecule has 1 aromatic heterocycles. The van der Waals surface area contributed by atoms with Gasteiger partial charge in [-0.25, -0.2) is 9.78 Å². The molecule has 4 nitrogen and oxygen atoms in total. The van der Waals surface area contributed by atoms with Crippen LogP contribution in [0.25, 0.3) is 0 Å². The van der Waals surface area contributed by atoms with Crippen molar-refractivity contribution >= 4 is 5.97 Å². The van der Waals surface area contributed by atoms with Crippen LogP contribution in [0.5, 0.6) is 0 Å². The van der Waals surface area contributed by atoms with Gasteiger partial charge in [0.15, 0.2) is 5.69 Å². The first-order chi connectivity index (χ1) is 6.75. The zero-order chi connectivity index (χ0) is 10.4. The molecule has 0 fully saturated rings. The standard InChI is InChI=1S/C10H10N2O2/c1-11-6-2-4-8-5-3-7-12-9(8)10(13)14/h3,5,7,11H,6H2,1H3,(H,13,14). The van der Waals surface area contributed by atoms with Gasteiger partial charge in [-0.1, -0.05) is 11.8 Å². The molecule has 0 aliphatic rings. The molecule has 0 saturated carbocycles. The van der Waals surface area contributed by atoms with Gasteiger partial charge in [-0.05, 0) is 19.2 Å². The second-order valence-corrected chi connectivity index (χ2v) is 2.54. The molecular formula is C10H10N2O2. The van der Waals surface area contributed by atoms with E-state index in [0.717, 1.165) is 0 Å². The number of pyridine rings is 1. The van der Waals surface area contributed by atoms with Crippen molar-refractivity contribution in [2.75, 3.05) is 13.6 Å². The molecule has 0 saturated heterocycles. The summed E-state index contributed by atoms with van der Waals surface area (Å²) in [6.45, 7) is 0.522. The smallest absolute Gasteiger partial charge is 0.355 e. The van der Waals surface area contributed by atoms with Crippen LogP contribution in [0.3, 0.4) is 0 Å². The minimum Gasteiger partial charge on any atom is -0.476 e. The van der Waals surface area contributed by atoms with E-state index in [1.807, 2.05) is 0 Å². The van der Waals surface area contributed by atoms with Gasteiger partial charge in [0, 0.05) is 6.20 Å². The minimum atomic E-state index is -1.06. The van der Waals surface area contributed by atoms with Crippen molar-refractivity contribution in [1.29, 1.82) is 0 Å². The molecular weight excluding hydrogens is 180 g/mol. The SMILES string of the molecule is CNCC#Cc1cccnc1C(=O)O. The Morgan fingerprint density at radius 1 is 1.71 bits per heavy atom. The molecule has 0 bridgehead atoms. The number of carbonyl (C=O) groups is 1. The average Bonchev–Trinajstić information content (AvgIpc) is 2.19. The van der Waals surface area contributed by atoms with Crippen molar-refractivity contribution in [3.05, 3.63) is 29.6 Å². The Hall–Kier alpha value is -1.86. The fourth-order valence-electron chi connectivity index (χ4n) is 0.904. The maximum atomic E-state index is 10.7. The largest absolute Gasteiger partial charge is 0.476 e. The van der Waals surface area contributed by atoms with Gasteiger partial charge < -0.3 is 10.4 Å². The highest BCUT2D eigenvalue weighted by molar-refractivity contribution is 5.88. The molecule has 0 aromatic carbocycles. The van der Waals surface area contributed by atoms with E-state index in [1.54, 1.807) is 19.2 Å². The number of carboxylic acid groups (broad SMARTS) is 1. The van der Waals surface area contributed by atoms with Crippen LogP contribution in [0.15, 0.2) is 18.3 Å². The lowest BCUT2D eigenvalue weighted by atomic mass is 10.2. The van der Waals surface area contributed by atoms with Gasteiger partial charge in [-0.2, -0.15) is 0 Å². The molecule has 0 aliphatic heterocycles. The van der Waals surface area contributed by atoms with Crippen molar-refractivity contribution in [3.8, 4) is 11.8 Å². The third kappa shape index (κ3) is 2.57. The first-order valence-corrected chi connectivity index (χ1v) is 4.07. The fourth-order valence-corrected chi connectivity index (χ4v) is 0.904. The fraction of sp³-hybridized carbons (Fsp3) is 0.200. The van der Waals surface area contributed by atoms with Crippen molar-refractivity contribution < 1.29 is 9.90 Å². The summed E-state index contributed by atoms with van der Waals surface area (Å²) in [4.78, 5) is 14.4. The quantitative estimate of drug-likeness (QED) is 0.660. The van der Waals surface area contributed by atoms with Gasteiger partial charge in [-0.15, -0.1) is 0 Å². The summed E-state index contributed by atoms with van der Waals surface area (Å²) >= 11 is 0. The Kier molecular flexibility index (Phi) is 3.65. The molecule has 72 valence electrons. The predicted molar refractivity (Wildman–Crippen MR) is 52.0 cm³/mol. The topological polar surface area (TPSA) is 62.2 Å². The molecule has 2 N–H and O–H groups in total. The zero-order valence-corrected chi connectivity index (χ0v) is 7.74. The lowest BCUT2D eigenvalue weighted by molar-refractivity contribution is 0.0690. The lowest BCUT2D eigenvalue weighted by Crippen LogP contribution is -2.06. The van der Waals surface area contributed by atoms with E-state index >= 15 is 0 Å². The summed E-state index contributed by atoms with van der Waals surface area (Å²) in [5.74, 6) is 4.47. The summed E-state index contributed by atoms with van der Waals surface area (Å²) in [5.41, 5.74) is 0.436. The molecule has 0 radical (unpaired) electrons. The summed E-state index contributed by atoms with van der Waals surface area (Å²) in [7, 11) is 1.77. The summed E-state index contributed by atoms with van der Waals surface area (Å²) in [6, 6.07) is 3.30. The highest BCUT2D eigenvalue weighted by Gasteiger charge is 2.07. The minimum absolute atomic E-state index is 0.00361. The normalized spacial score (nSPS) is 8.93. The number of aromatic carboxylic acids is 1. The molecule has 1 heterocycles. The van der Waals surface area contributed by atoms with Gasteiger partial charge in [-0.3, -0.25) is 0 Å². The van der Waals surface area contributed by atoms with Crippen LogP contribution in [0.2, 0.25) is 0 Å². The van der Waals surface area contributed by atoms with E-state index in [2.05, 4.69) is 22.1 Å². The van der Waals surface area contributed by atoms with E-state index in [1.165, 1.54) is 6.20 Å². The third-order valence-electron chi connectivity index (χ3n) is 1.50. The van der Waals surface area contributed by atoms with E-state index in [-0.39, 0.29) is 5.69 Å². The van der Waals surface area contributed by atoms with Crippen molar-refractivity contribution in [1.82, 2.24) is 10.3 Å². The van der Waals surface area contributed by atoms with Crippen LogP contribution in [0.4, 0.5) is 0 Å². The Balaban J connectivity index is 2.97. The second-order valence-electron chi connectivity index (χ2n) is 2.54. The van der Waals surface area contributed by atoms with Crippen LogP contribution in [-0.2, 0) is 0 Å². The van der Waals surface area contributed by atoms with Gasteiger partial charge in [0.25, 0.3) is 0 Å². The van der Waals surface area contributed by atoms with Crippen molar-refractivity contribution in [3.63, 3.8) is 0 Å². The van der Waals surface area contributed by atoms with Crippen LogP contribution >= 0.6 is 0 Å². The molecule has 1 rings (SSSR count). The molecule has 0 aliphatic carbocycles. The molecule has 0 spiro atoms. The maximum Gasteiger partial charge on any atom is 0.355 e. The maximum absolute atomic E-state index is 10.7. The number of carboxylic acids is 1. The number of hydrogen-bond acceptors (Lipinski definition) is 3. The van der Waals surface area contributed by atoms with Crippen LogP contribution in [0.1, 0.15) is 16.1 Å².